The number of nitro benzene ring substituents is 1. The SMILES string of the molecule is Cc1cc([N+](=O)[O-])ccc1C(=O)Nc1ccc(-c2ccn[nH]2)cc1. The summed E-state index contributed by atoms with van der Waals surface area (Å²) in [7, 11) is 0. The summed E-state index contributed by atoms with van der Waals surface area (Å²) in [6.45, 7) is 1.67. The van der Waals surface area contributed by atoms with Crippen LogP contribution in [0.2, 0.25) is 0 Å². The van der Waals surface area contributed by atoms with Crippen molar-refractivity contribution in [2.24, 2.45) is 0 Å². The van der Waals surface area contributed by atoms with Gasteiger partial charge in [-0.1, -0.05) is 12.1 Å². The zero-order valence-electron chi connectivity index (χ0n) is 12.8. The third-order valence-corrected chi connectivity index (χ3v) is 3.62. The van der Waals surface area contributed by atoms with E-state index in [0.717, 1.165) is 11.3 Å². The standard InChI is InChI=1S/C17H14N4O3/c1-11-10-14(21(23)24)6-7-15(11)17(22)19-13-4-2-12(3-5-13)16-8-9-18-20-16/h2-10H,1H3,(H,18,20)(H,19,22). The molecule has 1 heterocycles. The average Bonchev–Trinajstić information content (AvgIpc) is 3.09. The highest BCUT2D eigenvalue weighted by Crippen LogP contribution is 2.21. The monoisotopic (exact) mass is 322 g/mol. The Hall–Kier alpha value is -3.48. The van der Waals surface area contributed by atoms with E-state index >= 15 is 0 Å². The third kappa shape index (κ3) is 3.14. The molecule has 7 heteroatoms. The van der Waals surface area contributed by atoms with Gasteiger partial charge in [-0.05, 0) is 42.3 Å². The summed E-state index contributed by atoms with van der Waals surface area (Å²) < 4.78 is 0. The number of aryl methyl sites for hydroxylation is 1. The van der Waals surface area contributed by atoms with E-state index in [0.29, 0.717) is 16.8 Å². The van der Waals surface area contributed by atoms with Gasteiger partial charge in [0.2, 0.25) is 0 Å². The Balaban J connectivity index is 1.76. The second kappa shape index (κ2) is 6.33. The van der Waals surface area contributed by atoms with Crippen molar-refractivity contribution in [1.82, 2.24) is 10.2 Å². The van der Waals surface area contributed by atoms with Crippen molar-refractivity contribution in [3.8, 4) is 11.3 Å². The Morgan fingerprint density at radius 2 is 1.92 bits per heavy atom. The van der Waals surface area contributed by atoms with Crippen molar-refractivity contribution < 1.29 is 9.72 Å². The number of non-ortho nitro benzene ring substituents is 1. The lowest BCUT2D eigenvalue weighted by Crippen LogP contribution is -2.13. The first-order valence-corrected chi connectivity index (χ1v) is 7.21. The van der Waals surface area contributed by atoms with Crippen molar-refractivity contribution in [1.29, 1.82) is 0 Å². The number of hydrogen-bond donors (Lipinski definition) is 2. The summed E-state index contributed by atoms with van der Waals surface area (Å²) in [6.07, 6.45) is 1.67. The molecule has 0 spiro atoms. The summed E-state index contributed by atoms with van der Waals surface area (Å²) in [4.78, 5) is 22.6. The van der Waals surface area contributed by atoms with Gasteiger partial charge in [-0.2, -0.15) is 5.10 Å². The Bertz CT molecular complexity index is 887. The van der Waals surface area contributed by atoms with E-state index in [2.05, 4.69) is 15.5 Å². The quantitative estimate of drug-likeness (QED) is 0.566. The number of H-pyrrole nitrogens is 1. The molecule has 0 unspecified atom stereocenters. The minimum Gasteiger partial charge on any atom is -0.322 e. The molecule has 0 aliphatic heterocycles. The van der Waals surface area contributed by atoms with Crippen LogP contribution in [0.5, 0.6) is 0 Å². The molecule has 0 aliphatic rings. The maximum absolute atomic E-state index is 12.3. The van der Waals surface area contributed by atoms with Gasteiger partial charge in [0.25, 0.3) is 11.6 Å². The van der Waals surface area contributed by atoms with Crippen LogP contribution in [0.3, 0.4) is 0 Å². The Morgan fingerprint density at radius 1 is 1.17 bits per heavy atom. The van der Waals surface area contributed by atoms with Gasteiger partial charge < -0.3 is 5.32 Å². The first-order chi connectivity index (χ1) is 11.5. The number of nitrogens with zero attached hydrogens (tertiary/aromatic N) is 2. The third-order valence-electron chi connectivity index (χ3n) is 3.62. The molecule has 0 fully saturated rings. The van der Waals surface area contributed by atoms with Crippen LogP contribution < -0.4 is 5.32 Å². The van der Waals surface area contributed by atoms with Gasteiger partial charge in [-0.25, -0.2) is 0 Å². The van der Waals surface area contributed by atoms with Crippen molar-refractivity contribution in [2.75, 3.05) is 5.32 Å². The van der Waals surface area contributed by atoms with Gasteiger partial charge >= 0.3 is 0 Å². The fourth-order valence-corrected chi connectivity index (χ4v) is 2.36. The summed E-state index contributed by atoms with van der Waals surface area (Å²) in [5.74, 6) is -0.309. The molecule has 120 valence electrons. The Morgan fingerprint density at radius 3 is 2.50 bits per heavy atom. The molecular formula is C17H14N4O3. The summed E-state index contributed by atoms with van der Waals surface area (Å²) in [5.41, 5.74) is 3.40. The van der Waals surface area contributed by atoms with E-state index in [4.69, 9.17) is 0 Å². The molecule has 0 bridgehead atoms. The maximum atomic E-state index is 12.3. The van der Waals surface area contributed by atoms with Crippen LogP contribution in [0.1, 0.15) is 15.9 Å². The van der Waals surface area contributed by atoms with Crippen LogP contribution in [-0.2, 0) is 0 Å². The van der Waals surface area contributed by atoms with Crippen molar-refractivity contribution in [3.63, 3.8) is 0 Å². The molecule has 24 heavy (non-hydrogen) atoms. The summed E-state index contributed by atoms with van der Waals surface area (Å²) >= 11 is 0. The molecule has 0 saturated heterocycles. The number of benzene rings is 2. The number of rotatable bonds is 4. The van der Waals surface area contributed by atoms with Crippen molar-refractivity contribution >= 4 is 17.3 Å². The molecule has 0 atom stereocenters. The predicted octanol–water partition coefficient (Wildman–Crippen LogP) is 3.55. The molecule has 0 aliphatic carbocycles. The fraction of sp³-hybridized carbons (Fsp3) is 0.0588. The number of amides is 1. The van der Waals surface area contributed by atoms with Crippen molar-refractivity contribution in [2.45, 2.75) is 6.92 Å². The van der Waals surface area contributed by atoms with Crippen LogP contribution in [0, 0.1) is 17.0 Å². The highest BCUT2D eigenvalue weighted by atomic mass is 16.6. The minimum absolute atomic E-state index is 0.0343. The van der Waals surface area contributed by atoms with Gasteiger partial charge in [0.1, 0.15) is 0 Å². The fourth-order valence-electron chi connectivity index (χ4n) is 2.36. The number of aromatic amines is 1. The lowest BCUT2D eigenvalue weighted by atomic mass is 10.1. The number of hydrogen-bond acceptors (Lipinski definition) is 4. The van der Waals surface area contributed by atoms with Gasteiger partial charge in [-0.3, -0.25) is 20.0 Å². The first-order valence-electron chi connectivity index (χ1n) is 7.21. The topological polar surface area (TPSA) is 101 Å². The zero-order valence-corrected chi connectivity index (χ0v) is 12.8. The lowest BCUT2D eigenvalue weighted by Gasteiger charge is -2.08. The van der Waals surface area contributed by atoms with Gasteiger partial charge in [0.05, 0.1) is 10.6 Å². The van der Waals surface area contributed by atoms with Crippen LogP contribution in [0.4, 0.5) is 11.4 Å². The highest BCUT2D eigenvalue weighted by molar-refractivity contribution is 6.05. The van der Waals surface area contributed by atoms with Crippen LogP contribution in [0.25, 0.3) is 11.3 Å². The smallest absolute Gasteiger partial charge is 0.269 e. The predicted molar refractivity (Wildman–Crippen MR) is 89.8 cm³/mol. The number of nitrogens with one attached hydrogen (secondary N) is 2. The minimum atomic E-state index is -0.483. The van der Waals surface area contributed by atoms with E-state index in [1.165, 1.54) is 18.2 Å². The van der Waals surface area contributed by atoms with Gasteiger partial charge in [-0.15, -0.1) is 0 Å². The van der Waals surface area contributed by atoms with Crippen molar-refractivity contribution in [3.05, 3.63) is 76.0 Å². The summed E-state index contributed by atoms with van der Waals surface area (Å²) in [5, 5.41) is 20.3. The number of carbonyl (C=O) groups excluding carboxylic acids is 1. The number of anilines is 1. The molecule has 1 aromatic heterocycles. The van der Waals surface area contributed by atoms with E-state index in [1.54, 1.807) is 25.3 Å². The number of carbonyl (C=O) groups is 1. The molecule has 0 saturated carbocycles. The highest BCUT2D eigenvalue weighted by Gasteiger charge is 2.13. The lowest BCUT2D eigenvalue weighted by molar-refractivity contribution is -0.384. The first kappa shape index (κ1) is 15.4. The second-order valence-electron chi connectivity index (χ2n) is 5.26. The van der Waals surface area contributed by atoms with Crippen LogP contribution in [-0.4, -0.2) is 21.0 Å². The normalized spacial score (nSPS) is 10.4. The molecule has 0 radical (unpaired) electrons. The maximum Gasteiger partial charge on any atom is 0.269 e. The molecule has 3 aromatic rings. The Kier molecular flexibility index (Phi) is 4.07. The Labute approximate surface area is 137 Å². The van der Waals surface area contributed by atoms with E-state index in [-0.39, 0.29) is 11.6 Å². The average molecular weight is 322 g/mol. The molecule has 1 amide bonds. The van der Waals surface area contributed by atoms with E-state index < -0.39 is 4.92 Å². The molecule has 3 rings (SSSR count). The van der Waals surface area contributed by atoms with Gasteiger partial charge in [0.15, 0.2) is 0 Å². The molecule has 2 aromatic carbocycles. The van der Waals surface area contributed by atoms with Gasteiger partial charge in [0, 0.05) is 29.6 Å². The number of aromatic nitrogens is 2. The zero-order chi connectivity index (χ0) is 17.1. The van der Waals surface area contributed by atoms with Crippen LogP contribution in [0.15, 0.2) is 54.7 Å². The number of nitro groups is 1. The second-order valence-corrected chi connectivity index (χ2v) is 5.26. The molecular weight excluding hydrogens is 308 g/mol. The molecule has 2 N–H and O–H groups in total. The summed E-state index contributed by atoms with van der Waals surface area (Å²) in [6, 6.07) is 13.3. The van der Waals surface area contributed by atoms with Crippen LogP contribution >= 0.6 is 0 Å². The van der Waals surface area contributed by atoms with E-state index in [1.807, 2.05) is 18.2 Å². The van der Waals surface area contributed by atoms with E-state index in [9.17, 15) is 14.9 Å². The largest absolute Gasteiger partial charge is 0.322 e. The molecule has 7 nitrogen and oxygen atoms in total.